The number of benzene rings is 1. The van der Waals surface area contributed by atoms with Crippen molar-refractivity contribution in [3.63, 3.8) is 0 Å². The Labute approximate surface area is 194 Å². The van der Waals surface area contributed by atoms with Gasteiger partial charge in [0.1, 0.15) is 12.7 Å². The molecule has 5 nitrogen and oxygen atoms in total. The van der Waals surface area contributed by atoms with E-state index in [2.05, 4.69) is 43.6 Å². The fraction of sp³-hybridized carbons (Fsp3) is 0.667. The van der Waals surface area contributed by atoms with E-state index in [4.69, 9.17) is 14.2 Å². The Kier molecular flexibility index (Phi) is 7.88. The SMILES string of the molecule is CC(C)(C)OCC#Cc1ccc(C#N)c(N2CCC(OC3CC(OC(C)(C)C)C3)CC2)c1. The van der Waals surface area contributed by atoms with Crippen molar-refractivity contribution < 1.29 is 14.2 Å². The number of ether oxygens (including phenoxy) is 3. The minimum absolute atomic E-state index is 0.0854. The Morgan fingerprint density at radius 1 is 0.969 bits per heavy atom. The van der Waals surface area contributed by atoms with E-state index in [1.54, 1.807) is 0 Å². The summed E-state index contributed by atoms with van der Waals surface area (Å²) < 4.78 is 18.0. The van der Waals surface area contributed by atoms with Crippen LogP contribution in [0.2, 0.25) is 0 Å². The zero-order valence-electron chi connectivity index (χ0n) is 20.5. The van der Waals surface area contributed by atoms with Crippen LogP contribution in [-0.2, 0) is 14.2 Å². The van der Waals surface area contributed by atoms with Crippen molar-refractivity contribution in [1.82, 2.24) is 0 Å². The molecule has 5 heteroatoms. The lowest BCUT2D eigenvalue weighted by atomic mass is 9.90. The third kappa shape index (κ3) is 7.52. The molecule has 0 bridgehead atoms. The standard InChI is InChI=1S/C27H38N2O3/c1-26(2,3)30-15-7-8-20-9-10-21(19-28)25(16-20)29-13-11-22(12-14-29)31-23-17-24(18-23)32-27(4,5)6/h9-10,16,22-24H,11-15,17-18H2,1-6H3. The molecule has 0 aromatic heterocycles. The first kappa shape index (κ1) is 24.6. The van der Waals surface area contributed by atoms with E-state index in [0.717, 1.165) is 50.0 Å². The van der Waals surface area contributed by atoms with Gasteiger partial charge in [-0.25, -0.2) is 0 Å². The van der Waals surface area contributed by atoms with Crippen molar-refractivity contribution in [2.75, 3.05) is 24.6 Å². The van der Waals surface area contributed by atoms with Crippen LogP contribution in [0.3, 0.4) is 0 Å². The van der Waals surface area contributed by atoms with E-state index < -0.39 is 0 Å². The van der Waals surface area contributed by atoms with Crippen LogP contribution in [-0.4, -0.2) is 49.2 Å². The van der Waals surface area contributed by atoms with E-state index in [0.29, 0.717) is 24.4 Å². The Balaban J connectivity index is 1.51. The lowest BCUT2D eigenvalue weighted by Gasteiger charge is -2.42. The fourth-order valence-electron chi connectivity index (χ4n) is 4.09. The van der Waals surface area contributed by atoms with Gasteiger partial charge >= 0.3 is 0 Å². The molecule has 0 unspecified atom stereocenters. The third-order valence-electron chi connectivity index (χ3n) is 5.67. The second-order valence-electron chi connectivity index (χ2n) is 10.8. The normalized spacial score (nSPS) is 22.0. The van der Waals surface area contributed by atoms with E-state index >= 15 is 0 Å². The average molecular weight is 439 g/mol. The van der Waals surface area contributed by atoms with Crippen LogP contribution in [0.4, 0.5) is 5.69 Å². The van der Waals surface area contributed by atoms with Crippen LogP contribution in [0.25, 0.3) is 0 Å². The zero-order valence-corrected chi connectivity index (χ0v) is 20.5. The van der Waals surface area contributed by atoms with Crippen molar-refractivity contribution in [2.24, 2.45) is 0 Å². The molecule has 0 radical (unpaired) electrons. The number of rotatable bonds is 5. The number of anilines is 1. The van der Waals surface area contributed by atoms with Crippen molar-refractivity contribution in [3.8, 4) is 17.9 Å². The van der Waals surface area contributed by atoms with Crippen molar-refractivity contribution in [1.29, 1.82) is 5.26 Å². The highest BCUT2D eigenvalue weighted by Gasteiger charge is 2.35. The smallest absolute Gasteiger partial charge is 0.108 e. The van der Waals surface area contributed by atoms with Crippen LogP contribution in [0.15, 0.2) is 18.2 Å². The Morgan fingerprint density at radius 2 is 1.66 bits per heavy atom. The van der Waals surface area contributed by atoms with Gasteiger partial charge in [0.05, 0.1) is 40.8 Å². The van der Waals surface area contributed by atoms with Crippen LogP contribution in [0.5, 0.6) is 0 Å². The Morgan fingerprint density at radius 3 is 2.25 bits per heavy atom. The van der Waals surface area contributed by atoms with Gasteiger partial charge in [-0.2, -0.15) is 5.26 Å². The van der Waals surface area contributed by atoms with Gasteiger partial charge in [0, 0.05) is 18.7 Å². The second-order valence-corrected chi connectivity index (χ2v) is 10.8. The van der Waals surface area contributed by atoms with E-state index in [-0.39, 0.29) is 17.3 Å². The maximum absolute atomic E-state index is 9.59. The summed E-state index contributed by atoms with van der Waals surface area (Å²) in [7, 11) is 0. The van der Waals surface area contributed by atoms with Gasteiger partial charge in [0.2, 0.25) is 0 Å². The predicted molar refractivity (Wildman–Crippen MR) is 128 cm³/mol. The summed E-state index contributed by atoms with van der Waals surface area (Å²) in [5.41, 5.74) is 2.29. The van der Waals surface area contributed by atoms with Crippen molar-refractivity contribution >= 4 is 5.69 Å². The molecule has 1 saturated heterocycles. The highest BCUT2D eigenvalue weighted by Crippen LogP contribution is 2.33. The third-order valence-corrected chi connectivity index (χ3v) is 5.67. The van der Waals surface area contributed by atoms with Gasteiger partial charge in [-0.15, -0.1) is 0 Å². The number of nitrogens with zero attached hydrogens (tertiary/aromatic N) is 2. The molecule has 1 aliphatic heterocycles. The fourth-order valence-corrected chi connectivity index (χ4v) is 4.09. The molecule has 1 heterocycles. The number of piperidine rings is 1. The summed E-state index contributed by atoms with van der Waals surface area (Å²) in [4.78, 5) is 2.29. The van der Waals surface area contributed by atoms with Gasteiger partial charge < -0.3 is 19.1 Å². The summed E-state index contributed by atoms with van der Waals surface area (Å²) in [6.07, 6.45) is 4.88. The molecular formula is C27H38N2O3. The molecular weight excluding hydrogens is 400 g/mol. The Hall–Kier alpha value is -2.05. The molecule has 0 amide bonds. The molecule has 0 spiro atoms. The molecule has 2 fully saturated rings. The molecule has 0 N–H and O–H groups in total. The van der Waals surface area contributed by atoms with Crippen molar-refractivity contribution in [2.45, 2.75) is 96.7 Å². The second kappa shape index (κ2) is 10.3. The van der Waals surface area contributed by atoms with Crippen LogP contribution < -0.4 is 4.90 Å². The molecule has 0 atom stereocenters. The number of hydrogen-bond donors (Lipinski definition) is 0. The molecule has 174 valence electrons. The zero-order chi connectivity index (χ0) is 23.4. The predicted octanol–water partition coefficient (Wildman–Crippen LogP) is 5.06. The molecule has 1 aromatic carbocycles. The van der Waals surface area contributed by atoms with Gasteiger partial charge in [-0.1, -0.05) is 11.8 Å². The van der Waals surface area contributed by atoms with E-state index in [1.165, 1.54) is 0 Å². The molecule has 1 saturated carbocycles. The van der Waals surface area contributed by atoms with Gasteiger partial charge in [-0.3, -0.25) is 0 Å². The highest BCUT2D eigenvalue weighted by atomic mass is 16.5. The molecule has 32 heavy (non-hydrogen) atoms. The topological polar surface area (TPSA) is 54.7 Å². The van der Waals surface area contributed by atoms with Crippen molar-refractivity contribution in [3.05, 3.63) is 29.3 Å². The molecule has 3 rings (SSSR count). The quantitative estimate of drug-likeness (QED) is 0.602. The summed E-state index contributed by atoms with van der Waals surface area (Å²) in [5, 5.41) is 9.59. The summed E-state index contributed by atoms with van der Waals surface area (Å²) in [6.45, 7) is 14.5. The van der Waals surface area contributed by atoms with Crippen LogP contribution in [0, 0.1) is 23.2 Å². The maximum atomic E-state index is 9.59. The lowest BCUT2D eigenvalue weighted by Crippen LogP contribution is -2.45. The molecule has 1 aromatic rings. The summed E-state index contributed by atoms with van der Waals surface area (Å²) in [5.74, 6) is 6.25. The minimum Gasteiger partial charge on any atom is -0.375 e. The van der Waals surface area contributed by atoms with E-state index in [9.17, 15) is 5.26 Å². The van der Waals surface area contributed by atoms with Gasteiger partial charge in [0.15, 0.2) is 0 Å². The van der Waals surface area contributed by atoms with Gasteiger partial charge in [-0.05, 0) is 85.4 Å². The molecule has 2 aliphatic rings. The monoisotopic (exact) mass is 438 g/mol. The summed E-state index contributed by atoms with van der Waals surface area (Å²) >= 11 is 0. The molecule has 1 aliphatic carbocycles. The number of nitriles is 1. The lowest BCUT2D eigenvalue weighted by molar-refractivity contribution is -0.164. The van der Waals surface area contributed by atoms with Crippen LogP contribution >= 0.6 is 0 Å². The first-order valence-corrected chi connectivity index (χ1v) is 11.8. The average Bonchev–Trinajstić information content (AvgIpc) is 2.68. The first-order chi connectivity index (χ1) is 15.0. The minimum atomic E-state index is -0.197. The van der Waals surface area contributed by atoms with Gasteiger partial charge in [0.25, 0.3) is 0 Å². The Bertz CT molecular complexity index is 865. The van der Waals surface area contributed by atoms with E-state index in [1.807, 2.05) is 39.0 Å². The summed E-state index contributed by atoms with van der Waals surface area (Å²) in [6, 6.07) is 8.15. The van der Waals surface area contributed by atoms with Crippen LogP contribution in [0.1, 0.15) is 78.4 Å². The number of hydrogen-bond acceptors (Lipinski definition) is 5. The first-order valence-electron chi connectivity index (χ1n) is 11.8. The largest absolute Gasteiger partial charge is 0.375 e. The maximum Gasteiger partial charge on any atom is 0.108 e. The highest BCUT2D eigenvalue weighted by molar-refractivity contribution is 5.63.